The number of carbonyl (C=O) groups excluding carboxylic acids is 1. The Morgan fingerprint density at radius 1 is 1.11 bits per heavy atom. The Balaban J connectivity index is 1.75. The zero-order chi connectivity index (χ0) is 20.1. The third-order valence-corrected chi connectivity index (χ3v) is 4.54. The third kappa shape index (κ3) is 4.32. The van der Waals surface area contributed by atoms with Crippen molar-refractivity contribution >= 4 is 5.91 Å². The van der Waals surface area contributed by atoms with E-state index in [1.165, 1.54) is 0 Å². The maximum atomic E-state index is 12.6. The van der Waals surface area contributed by atoms with Crippen LogP contribution < -0.4 is 24.3 Å². The van der Waals surface area contributed by atoms with E-state index in [4.69, 9.17) is 18.9 Å². The summed E-state index contributed by atoms with van der Waals surface area (Å²) in [5.41, 5.74) is 2.53. The number of rotatable bonds is 8. The van der Waals surface area contributed by atoms with Gasteiger partial charge in [0.15, 0.2) is 11.5 Å². The standard InChI is InChI=1S/C22H27NO5/c1-5-26-18-8-7-15(10-21(18)25-4)22(24)23-13-17-12-20-16(9-14(3)28-20)11-19(17)27-6-2/h7-8,10-12,14H,5-6,9,13H2,1-4H3,(H,23,24)/t14-/m0/s1. The lowest BCUT2D eigenvalue weighted by atomic mass is 10.1. The van der Waals surface area contributed by atoms with Gasteiger partial charge >= 0.3 is 0 Å². The monoisotopic (exact) mass is 385 g/mol. The molecular weight excluding hydrogens is 358 g/mol. The maximum absolute atomic E-state index is 12.6. The second-order valence-corrected chi connectivity index (χ2v) is 6.61. The van der Waals surface area contributed by atoms with Gasteiger partial charge in [-0.2, -0.15) is 0 Å². The first-order valence-corrected chi connectivity index (χ1v) is 9.60. The predicted molar refractivity (Wildman–Crippen MR) is 107 cm³/mol. The fraction of sp³-hybridized carbons (Fsp3) is 0.409. The molecule has 0 radical (unpaired) electrons. The highest BCUT2D eigenvalue weighted by molar-refractivity contribution is 5.94. The molecule has 2 aromatic rings. The van der Waals surface area contributed by atoms with Gasteiger partial charge < -0.3 is 24.3 Å². The highest BCUT2D eigenvalue weighted by Crippen LogP contribution is 2.35. The fourth-order valence-electron chi connectivity index (χ4n) is 3.27. The van der Waals surface area contributed by atoms with Crippen molar-refractivity contribution in [1.82, 2.24) is 5.32 Å². The molecule has 2 aromatic carbocycles. The van der Waals surface area contributed by atoms with Crippen LogP contribution >= 0.6 is 0 Å². The van der Waals surface area contributed by atoms with Gasteiger partial charge in [-0.25, -0.2) is 0 Å². The summed E-state index contributed by atoms with van der Waals surface area (Å²) in [4.78, 5) is 12.6. The van der Waals surface area contributed by atoms with Crippen LogP contribution in [-0.4, -0.2) is 32.3 Å². The van der Waals surface area contributed by atoms with Crippen LogP contribution in [0.1, 0.15) is 42.3 Å². The summed E-state index contributed by atoms with van der Waals surface area (Å²) >= 11 is 0. The zero-order valence-electron chi connectivity index (χ0n) is 16.8. The molecule has 28 heavy (non-hydrogen) atoms. The number of benzene rings is 2. The average molecular weight is 385 g/mol. The smallest absolute Gasteiger partial charge is 0.251 e. The van der Waals surface area contributed by atoms with E-state index in [1.807, 2.05) is 32.9 Å². The topological polar surface area (TPSA) is 66.0 Å². The number of ether oxygens (including phenoxy) is 4. The molecule has 6 nitrogen and oxygen atoms in total. The van der Waals surface area contributed by atoms with Crippen molar-refractivity contribution < 1.29 is 23.7 Å². The van der Waals surface area contributed by atoms with Gasteiger partial charge in [0.25, 0.3) is 5.91 Å². The molecule has 0 saturated carbocycles. The molecule has 1 amide bonds. The second-order valence-electron chi connectivity index (χ2n) is 6.61. The molecule has 0 unspecified atom stereocenters. The summed E-state index contributed by atoms with van der Waals surface area (Å²) in [6.07, 6.45) is 1.03. The number of fused-ring (bicyclic) bond motifs is 1. The summed E-state index contributed by atoms with van der Waals surface area (Å²) in [6.45, 7) is 7.32. The minimum atomic E-state index is -0.196. The van der Waals surface area contributed by atoms with Crippen LogP contribution in [0.15, 0.2) is 30.3 Å². The Hall–Kier alpha value is -2.89. The largest absolute Gasteiger partial charge is 0.494 e. The van der Waals surface area contributed by atoms with Gasteiger partial charge in [0.2, 0.25) is 0 Å². The fourth-order valence-corrected chi connectivity index (χ4v) is 3.27. The number of hydrogen-bond acceptors (Lipinski definition) is 5. The van der Waals surface area contributed by atoms with E-state index >= 15 is 0 Å². The molecule has 0 aliphatic carbocycles. The SMILES string of the molecule is CCOc1cc2c(cc1CNC(=O)c1ccc(OCC)c(OC)c1)O[C@@H](C)C2. The van der Waals surface area contributed by atoms with E-state index in [0.717, 1.165) is 29.0 Å². The Kier molecular flexibility index (Phi) is 6.29. The maximum Gasteiger partial charge on any atom is 0.251 e. The van der Waals surface area contributed by atoms with Crippen LogP contribution in [-0.2, 0) is 13.0 Å². The number of nitrogens with one attached hydrogen (secondary N) is 1. The summed E-state index contributed by atoms with van der Waals surface area (Å²) < 4.78 is 22.4. The lowest BCUT2D eigenvalue weighted by molar-refractivity contribution is 0.0950. The van der Waals surface area contributed by atoms with Crippen LogP contribution in [0, 0.1) is 0 Å². The van der Waals surface area contributed by atoms with E-state index in [1.54, 1.807) is 25.3 Å². The zero-order valence-corrected chi connectivity index (χ0v) is 16.8. The molecule has 1 N–H and O–H groups in total. The van der Waals surface area contributed by atoms with E-state index < -0.39 is 0 Å². The quantitative estimate of drug-likeness (QED) is 0.750. The van der Waals surface area contributed by atoms with E-state index in [2.05, 4.69) is 5.32 Å². The molecule has 0 saturated heterocycles. The molecule has 1 aliphatic heterocycles. The van der Waals surface area contributed by atoms with Crippen LogP contribution in [0.4, 0.5) is 0 Å². The summed E-state index contributed by atoms with van der Waals surface area (Å²) in [7, 11) is 1.55. The molecular formula is C22H27NO5. The predicted octanol–water partition coefficient (Wildman–Crippen LogP) is 3.75. The van der Waals surface area contributed by atoms with Gasteiger partial charge in [-0.3, -0.25) is 4.79 Å². The Morgan fingerprint density at radius 2 is 1.86 bits per heavy atom. The van der Waals surface area contributed by atoms with E-state index in [-0.39, 0.29) is 12.0 Å². The molecule has 0 fully saturated rings. The first kappa shape index (κ1) is 19.9. The molecule has 0 bridgehead atoms. The summed E-state index contributed by atoms with van der Waals surface area (Å²) in [5.74, 6) is 2.60. The van der Waals surface area contributed by atoms with Gasteiger partial charge in [0.05, 0.1) is 20.3 Å². The molecule has 1 aliphatic rings. The average Bonchev–Trinajstić information content (AvgIpc) is 3.05. The summed E-state index contributed by atoms with van der Waals surface area (Å²) in [5, 5.41) is 2.95. The molecule has 1 heterocycles. The van der Waals surface area contributed by atoms with Crippen molar-refractivity contribution in [2.45, 2.75) is 39.8 Å². The third-order valence-electron chi connectivity index (χ3n) is 4.54. The minimum absolute atomic E-state index is 0.158. The Morgan fingerprint density at radius 3 is 2.57 bits per heavy atom. The van der Waals surface area contributed by atoms with Crippen LogP contribution in [0.3, 0.4) is 0 Å². The highest BCUT2D eigenvalue weighted by Gasteiger charge is 2.22. The molecule has 1 atom stereocenters. The molecule has 150 valence electrons. The Labute approximate surface area is 165 Å². The molecule has 6 heteroatoms. The van der Waals surface area contributed by atoms with Crippen molar-refractivity contribution in [3.8, 4) is 23.0 Å². The first-order chi connectivity index (χ1) is 13.5. The van der Waals surface area contributed by atoms with Crippen molar-refractivity contribution in [1.29, 1.82) is 0 Å². The normalized spacial score (nSPS) is 14.8. The molecule has 3 rings (SSSR count). The molecule has 0 spiro atoms. The Bertz CT molecular complexity index is 849. The van der Waals surface area contributed by atoms with E-state index in [9.17, 15) is 4.79 Å². The van der Waals surface area contributed by atoms with Gasteiger partial charge in [-0.1, -0.05) is 0 Å². The van der Waals surface area contributed by atoms with Crippen LogP contribution in [0.2, 0.25) is 0 Å². The lowest BCUT2D eigenvalue weighted by Gasteiger charge is -2.14. The van der Waals surface area contributed by atoms with Gasteiger partial charge in [0, 0.05) is 29.7 Å². The van der Waals surface area contributed by atoms with Crippen LogP contribution in [0.5, 0.6) is 23.0 Å². The number of hydrogen-bond donors (Lipinski definition) is 1. The first-order valence-electron chi connectivity index (χ1n) is 9.60. The minimum Gasteiger partial charge on any atom is -0.494 e. The summed E-state index contributed by atoms with van der Waals surface area (Å²) in [6, 6.07) is 9.12. The van der Waals surface area contributed by atoms with Crippen molar-refractivity contribution in [3.05, 3.63) is 47.0 Å². The highest BCUT2D eigenvalue weighted by atomic mass is 16.5. The van der Waals surface area contributed by atoms with Crippen molar-refractivity contribution in [2.75, 3.05) is 20.3 Å². The second kappa shape index (κ2) is 8.87. The molecule has 0 aromatic heterocycles. The number of methoxy groups -OCH3 is 1. The van der Waals surface area contributed by atoms with Gasteiger partial charge in [-0.05, 0) is 51.1 Å². The number of amides is 1. The lowest BCUT2D eigenvalue weighted by Crippen LogP contribution is -2.23. The van der Waals surface area contributed by atoms with Crippen molar-refractivity contribution in [2.24, 2.45) is 0 Å². The van der Waals surface area contributed by atoms with Crippen molar-refractivity contribution in [3.63, 3.8) is 0 Å². The number of carbonyl (C=O) groups is 1. The van der Waals surface area contributed by atoms with Gasteiger partial charge in [0.1, 0.15) is 17.6 Å². The van der Waals surface area contributed by atoms with Gasteiger partial charge in [-0.15, -0.1) is 0 Å². The van der Waals surface area contributed by atoms with Crippen LogP contribution in [0.25, 0.3) is 0 Å². The van der Waals surface area contributed by atoms with E-state index in [0.29, 0.717) is 36.8 Å².